The molecular weight excluding hydrogens is 474 g/mol. The zero-order chi connectivity index (χ0) is 26.9. The van der Waals surface area contributed by atoms with Crippen LogP contribution in [0.2, 0.25) is 0 Å². The summed E-state index contributed by atoms with van der Waals surface area (Å²) in [6, 6.07) is 0. The van der Waals surface area contributed by atoms with E-state index in [2.05, 4.69) is 42.3 Å². The summed E-state index contributed by atoms with van der Waals surface area (Å²) in [5, 5.41) is 22.7. The van der Waals surface area contributed by atoms with Crippen LogP contribution in [0.1, 0.15) is 91.4 Å². The zero-order valence-electron chi connectivity index (χ0n) is 24.1. The summed E-state index contributed by atoms with van der Waals surface area (Å²) in [6.45, 7) is 11.7. The van der Waals surface area contributed by atoms with Crippen LogP contribution in [0.25, 0.3) is 0 Å². The average molecular weight is 528 g/mol. The molecule has 4 saturated carbocycles. The molecule has 5 aliphatic rings. The molecular formula is C31H53N5O2. The van der Waals surface area contributed by atoms with Gasteiger partial charge in [0.05, 0.1) is 12.2 Å². The van der Waals surface area contributed by atoms with Crippen LogP contribution in [0.3, 0.4) is 0 Å². The predicted octanol–water partition coefficient (Wildman–Crippen LogP) is 4.90. The summed E-state index contributed by atoms with van der Waals surface area (Å²) in [7, 11) is 0. The van der Waals surface area contributed by atoms with Gasteiger partial charge in [-0.15, -0.1) is 0 Å². The number of aliphatic hydroxyl groups excluding tert-OH is 1. The van der Waals surface area contributed by atoms with Crippen molar-refractivity contribution in [3.05, 3.63) is 11.6 Å². The molecule has 0 aromatic heterocycles. The Bertz CT molecular complexity index is 901. The molecule has 7 nitrogen and oxygen atoms in total. The van der Waals surface area contributed by atoms with Crippen LogP contribution in [-0.4, -0.2) is 60.6 Å². The number of nitrogens with one attached hydrogen (secondary N) is 2. The molecule has 0 amide bonds. The number of fused-ring (bicyclic) bond motifs is 5. The van der Waals surface area contributed by atoms with Crippen molar-refractivity contribution in [3.8, 4) is 0 Å². The molecule has 5 fully saturated rings. The minimum atomic E-state index is -0.212. The van der Waals surface area contributed by atoms with Crippen molar-refractivity contribution in [1.29, 1.82) is 5.41 Å². The fourth-order valence-electron chi connectivity index (χ4n) is 9.98. The van der Waals surface area contributed by atoms with Crippen molar-refractivity contribution in [2.45, 2.75) is 104 Å². The maximum atomic E-state index is 11.3. The smallest absolute Gasteiger partial charge is 0.206 e. The normalized spacial score (nSPS) is 43.6. The van der Waals surface area contributed by atoms with Crippen LogP contribution in [0.4, 0.5) is 0 Å². The molecule has 1 saturated heterocycles. The van der Waals surface area contributed by atoms with E-state index < -0.39 is 0 Å². The maximum Gasteiger partial charge on any atom is 0.206 e. The van der Waals surface area contributed by atoms with Gasteiger partial charge in [-0.2, -0.15) is 5.10 Å². The number of nitrogens with zero attached hydrogens (tertiary/aromatic N) is 2. The molecule has 9 atom stereocenters. The monoisotopic (exact) mass is 527 g/mol. The van der Waals surface area contributed by atoms with Crippen LogP contribution in [0.15, 0.2) is 16.8 Å². The first-order valence-corrected chi connectivity index (χ1v) is 15.5. The molecule has 5 N–H and O–H groups in total. The van der Waals surface area contributed by atoms with Gasteiger partial charge in [-0.25, -0.2) is 5.43 Å². The van der Waals surface area contributed by atoms with E-state index >= 15 is 0 Å². The van der Waals surface area contributed by atoms with Crippen LogP contribution < -0.4 is 11.2 Å². The Balaban J connectivity index is 1.23. The van der Waals surface area contributed by atoms with E-state index in [4.69, 9.17) is 15.9 Å². The van der Waals surface area contributed by atoms with Crippen molar-refractivity contribution in [2.75, 3.05) is 26.2 Å². The standard InChI is InChI=1S/C31H53N5O2/c1-21(20-34-35-29(32)33)17-22-7-9-25-24-8-10-27-28(37)18-23(38-16-6-15-36-13-4-5-14-36)19-31(27,3)26(24)11-12-30(22,25)2/h17,20,22-28,37H,4-16,18-19H2,1-3H3,(H4,32,33,35)/t22-,23?,24+,25+,26+,27-,28+,30-,31-/m1/s1. The third kappa shape index (κ3) is 5.57. The molecule has 4 aliphatic carbocycles. The van der Waals surface area contributed by atoms with Gasteiger partial charge in [-0.3, -0.25) is 5.41 Å². The van der Waals surface area contributed by atoms with Gasteiger partial charge >= 0.3 is 0 Å². The first-order valence-electron chi connectivity index (χ1n) is 15.5. The molecule has 38 heavy (non-hydrogen) atoms. The van der Waals surface area contributed by atoms with Gasteiger partial charge in [0.1, 0.15) is 0 Å². The van der Waals surface area contributed by atoms with Crippen LogP contribution in [0.5, 0.6) is 0 Å². The fourth-order valence-corrected chi connectivity index (χ4v) is 9.98. The summed E-state index contributed by atoms with van der Waals surface area (Å²) < 4.78 is 6.49. The Labute approximate surface area is 230 Å². The van der Waals surface area contributed by atoms with Crippen LogP contribution in [0, 0.1) is 45.8 Å². The molecule has 0 bridgehead atoms. The molecule has 214 valence electrons. The molecule has 0 spiro atoms. The minimum absolute atomic E-state index is 0.132. The second-order valence-electron chi connectivity index (χ2n) is 13.9. The van der Waals surface area contributed by atoms with E-state index in [0.717, 1.165) is 49.8 Å². The van der Waals surface area contributed by atoms with E-state index in [1.807, 2.05) is 0 Å². The highest BCUT2D eigenvalue weighted by Crippen LogP contribution is 2.67. The van der Waals surface area contributed by atoms with Gasteiger partial charge in [0.25, 0.3) is 0 Å². The lowest BCUT2D eigenvalue weighted by Gasteiger charge is -2.62. The highest BCUT2D eigenvalue weighted by molar-refractivity contribution is 5.80. The second kappa shape index (κ2) is 11.6. The summed E-state index contributed by atoms with van der Waals surface area (Å²) in [5.41, 5.74) is 9.55. The van der Waals surface area contributed by atoms with E-state index in [0.29, 0.717) is 23.2 Å². The summed E-state index contributed by atoms with van der Waals surface area (Å²) in [4.78, 5) is 2.57. The molecule has 1 heterocycles. The fraction of sp³-hybridized carbons (Fsp3) is 0.871. The molecule has 1 unspecified atom stereocenters. The number of aliphatic hydroxyl groups is 1. The van der Waals surface area contributed by atoms with E-state index in [1.54, 1.807) is 6.21 Å². The lowest BCUT2D eigenvalue weighted by molar-refractivity contribution is -0.174. The first-order chi connectivity index (χ1) is 18.2. The third-order valence-electron chi connectivity index (χ3n) is 11.7. The van der Waals surface area contributed by atoms with Crippen molar-refractivity contribution in [1.82, 2.24) is 10.3 Å². The van der Waals surface area contributed by atoms with E-state index in [1.165, 1.54) is 64.5 Å². The Morgan fingerprint density at radius 3 is 2.61 bits per heavy atom. The second-order valence-corrected chi connectivity index (χ2v) is 13.9. The van der Waals surface area contributed by atoms with Crippen molar-refractivity contribution in [3.63, 3.8) is 0 Å². The molecule has 1 aliphatic heterocycles. The molecule has 0 aromatic carbocycles. The van der Waals surface area contributed by atoms with Gasteiger partial charge in [-0.05, 0) is 137 Å². The Kier molecular flexibility index (Phi) is 8.56. The molecule has 5 rings (SSSR count). The SMILES string of the molecule is CC(C=NNC(=N)N)=C[C@H]1CC[C@H]2[C@@H]3CC[C@@H]4[C@@H](O)CC(OCCCN5CCCC5)C[C@]4(C)[C@H]3CC[C@]12C. The maximum absolute atomic E-state index is 11.3. The van der Waals surface area contributed by atoms with Crippen molar-refractivity contribution >= 4 is 12.2 Å². The number of hydrogen-bond donors (Lipinski definition) is 4. The number of guanidine groups is 1. The number of hydrazone groups is 1. The number of nitrogens with two attached hydrogens (primary N) is 1. The Morgan fingerprint density at radius 2 is 1.84 bits per heavy atom. The van der Waals surface area contributed by atoms with Gasteiger partial charge in [-0.1, -0.05) is 19.9 Å². The number of allylic oxidation sites excluding steroid dienone is 2. The van der Waals surface area contributed by atoms with E-state index in [-0.39, 0.29) is 23.6 Å². The Hall–Kier alpha value is -1.44. The lowest BCUT2D eigenvalue weighted by Crippen LogP contribution is -2.57. The number of likely N-dealkylation sites (tertiary alicyclic amines) is 1. The number of ether oxygens (including phenoxy) is 1. The largest absolute Gasteiger partial charge is 0.393 e. The van der Waals surface area contributed by atoms with Gasteiger partial charge in [0.15, 0.2) is 0 Å². The molecule has 7 heteroatoms. The highest BCUT2D eigenvalue weighted by atomic mass is 16.5. The van der Waals surface area contributed by atoms with Gasteiger partial charge in [0, 0.05) is 19.4 Å². The van der Waals surface area contributed by atoms with Gasteiger partial charge in [0.2, 0.25) is 5.96 Å². The molecule has 0 aromatic rings. The van der Waals surface area contributed by atoms with Gasteiger partial charge < -0.3 is 20.5 Å². The van der Waals surface area contributed by atoms with Crippen molar-refractivity contribution in [2.24, 2.45) is 51.3 Å². The third-order valence-corrected chi connectivity index (χ3v) is 11.7. The topological polar surface area (TPSA) is 107 Å². The summed E-state index contributed by atoms with van der Waals surface area (Å²) in [6.07, 6.45) is 17.6. The Morgan fingerprint density at radius 1 is 1.11 bits per heavy atom. The highest BCUT2D eigenvalue weighted by Gasteiger charge is 2.61. The number of hydrogen-bond acceptors (Lipinski definition) is 5. The average Bonchev–Trinajstić information content (AvgIpc) is 3.49. The predicted molar refractivity (Wildman–Crippen MR) is 154 cm³/mol. The lowest BCUT2D eigenvalue weighted by atomic mass is 9.44. The minimum Gasteiger partial charge on any atom is -0.393 e. The first kappa shape index (κ1) is 28.1. The summed E-state index contributed by atoms with van der Waals surface area (Å²) in [5.74, 6) is 3.11. The summed E-state index contributed by atoms with van der Waals surface area (Å²) >= 11 is 0. The van der Waals surface area contributed by atoms with Crippen LogP contribution in [-0.2, 0) is 4.74 Å². The van der Waals surface area contributed by atoms with E-state index in [9.17, 15) is 5.11 Å². The zero-order valence-corrected chi connectivity index (χ0v) is 24.1. The number of rotatable bonds is 8. The van der Waals surface area contributed by atoms with Crippen LogP contribution >= 0.6 is 0 Å². The molecule has 0 radical (unpaired) electrons. The quantitative estimate of drug-likeness (QED) is 0.155. The van der Waals surface area contributed by atoms with Crippen molar-refractivity contribution < 1.29 is 9.84 Å².